The normalized spacial score (nSPS) is 17.4. The van der Waals surface area contributed by atoms with E-state index < -0.39 is 6.04 Å². The number of amides is 2. The molecular weight excluding hydrogens is 338 g/mol. The Morgan fingerprint density at radius 3 is 2.48 bits per heavy atom. The van der Waals surface area contributed by atoms with E-state index in [2.05, 4.69) is 6.07 Å². The molecule has 1 aliphatic rings. The minimum atomic E-state index is -0.653. The number of nitrogens with zero attached hydrogens (tertiary/aromatic N) is 3. The average Bonchev–Trinajstić information content (AvgIpc) is 2.65. The highest BCUT2D eigenvalue weighted by Gasteiger charge is 2.41. The van der Waals surface area contributed by atoms with Crippen LogP contribution < -0.4 is 0 Å². The minimum Gasteiger partial charge on any atom is -0.329 e. The molecule has 2 amide bonds. The Balaban J connectivity index is 2.00. The third kappa shape index (κ3) is 3.85. The summed E-state index contributed by atoms with van der Waals surface area (Å²) >= 11 is 0. The molecule has 2 aromatic rings. The van der Waals surface area contributed by atoms with Crippen molar-refractivity contribution in [3.8, 4) is 6.07 Å². The van der Waals surface area contributed by atoms with Gasteiger partial charge in [-0.05, 0) is 44.0 Å². The maximum atomic E-state index is 13.2. The van der Waals surface area contributed by atoms with Gasteiger partial charge >= 0.3 is 0 Å². The van der Waals surface area contributed by atoms with E-state index in [1.165, 1.54) is 0 Å². The summed E-state index contributed by atoms with van der Waals surface area (Å²) in [5.41, 5.74) is 3.28. The second-order valence-electron chi connectivity index (χ2n) is 7.21. The van der Waals surface area contributed by atoms with Gasteiger partial charge < -0.3 is 9.80 Å². The van der Waals surface area contributed by atoms with E-state index in [0.29, 0.717) is 12.1 Å². The number of hydrogen-bond donors (Lipinski definition) is 0. The van der Waals surface area contributed by atoms with Crippen molar-refractivity contribution in [3.63, 3.8) is 0 Å². The summed E-state index contributed by atoms with van der Waals surface area (Å²) in [7, 11) is 0. The predicted octanol–water partition coefficient (Wildman–Crippen LogP) is 3.19. The number of nitriles is 1. The van der Waals surface area contributed by atoms with Crippen LogP contribution in [0.15, 0.2) is 48.5 Å². The Hall–Kier alpha value is -3.13. The van der Waals surface area contributed by atoms with Crippen molar-refractivity contribution in [2.45, 2.75) is 39.4 Å². The average molecular weight is 361 g/mol. The molecule has 0 saturated carbocycles. The molecule has 1 aliphatic heterocycles. The van der Waals surface area contributed by atoms with E-state index in [9.17, 15) is 9.59 Å². The second kappa shape index (κ2) is 7.63. The van der Waals surface area contributed by atoms with Crippen molar-refractivity contribution in [3.05, 3.63) is 70.8 Å². The highest BCUT2D eigenvalue weighted by atomic mass is 16.2. The molecule has 138 valence electrons. The van der Waals surface area contributed by atoms with Gasteiger partial charge in [-0.3, -0.25) is 9.59 Å². The van der Waals surface area contributed by atoms with Crippen LogP contribution in [0.2, 0.25) is 0 Å². The van der Waals surface area contributed by atoms with E-state index in [0.717, 1.165) is 16.7 Å². The fourth-order valence-electron chi connectivity index (χ4n) is 3.37. The monoisotopic (exact) mass is 361 g/mol. The molecule has 3 rings (SSSR count). The zero-order chi connectivity index (χ0) is 19.6. The molecule has 0 aromatic heterocycles. The zero-order valence-corrected chi connectivity index (χ0v) is 15.8. The molecule has 2 aromatic carbocycles. The van der Waals surface area contributed by atoms with Crippen LogP contribution in [-0.4, -0.2) is 34.2 Å². The first-order valence-corrected chi connectivity index (χ1v) is 9.06. The molecule has 0 radical (unpaired) electrons. The van der Waals surface area contributed by atoms with Gasteiger partial charge in [-0.25, -0.2) is 0 Å². The summed E-state index contributed by atoms with van der Waals surface area (Å²) in [5.74, 6) is -0.152. The van der Waals surface area contributed by atoms with Crippen molar-refractivity contribution >= 4 is 11.8 Å². The first kappa shape index (κ1) is 18.7. The van der Waals surface area contributed by atoms with Crippen molar-refractivity contribution in [2.24, 2.45) is 0 Å². The van der Waals surface area contributed by atoms with Crippen LogP contribution >= 0.6 is 0 Å². The van der Waals surface area contributed by atoms with Crippen molar-refractivity contribution in [1.29, 1.82) is 5.26 Å². The molecule has 0 spiro atoms. The quantitative estimate of drug-likeness (QED) is 0.840. The van der Waals surface area contributed by atoms with Gasteiger partial charge in [-0.1, -0.05) is 42.0 Å². The summed E-state index contributed by atoms with van der Waals surface area (Å²) in [4.78, 5) is 29.4. The summed E-state index contributed by atoms with van der Waals surface area (Å²) < 4.78 is 0. The maximum Gasteiger partial charge on any atom is 0.250 e. The molecule has 1 atom stereocenters. The van der Waals surface area contributed by atoms with Crippen molar-refractivity contribution in [2.75, 3.05) is 6.54 Å². The Bertz CT molecular complexity index is 897. The lowest BCUT2D eigenvalue weighted by Crippen LogP contribution is -2.56. The SMILES string of the molecule is Cc1ccc(C2C(=O)N(C(C)C)CC(=O)N2Cc2cccc(C#N)c2)cc1. The van der Waals surface area contributed by atoms with Gasteiger partial charge in [0.05, 0.1) is 11.6 Å². The van der Waals surface area contributed by atoms with Crippen LogP contribution in [0, 0.1) is 18.3 Å². The third-order valence-corrected chi connectivity index (χ3v) is 4.88. The number of rotatable bonds is 4. The molecule has 1 fully saturated rings. The summed E-state index contributed by atoms with van der Waals surface area (Å²) in [6, 6.07) is 16.3. The van der Waals surface area contributed by atoms with Gasteiger partial charge in [-0.2, -0.15) is 5.26 Å². The Morgan fingerprint density at radius 2 is 1.85 bits per heavy atom. The number of benzene rings is 2. The fourth-order valence-corrected chi connectivity index (χ4v) is 3.37. The number of carbonyl (C=O) groups is 2. The van der Waals surface area contributed by atoms with Gasteiger partial charge in [-0.15, -0.1) is 0 Å². The molecule has 1 unspecified atom stereocenters. The van der Waals surface area contributed by atoms with Gasteiger partial charge in [0, 0.05) is 12.6 Å². The lowest BCUT2D eigenvalue weighted by molar-refractivity contribution is -0.158. The van der Waals surface area contributed by atoms with E-state index in [-0.39, 0.29) is 24.4 Å². The number of aryl methyl sites for hydroxylation is 1. The molecule has 0 aliphatic carbocycles. The smallest absolute Gasteiger partial charge is 0.250 e. The van der Waals surface area contributed by atoms with Gasteiger partial charge in [0.15, 0.2) is 0 Å². The zero-order valence-electron chi connectivity index (χ0n) is 15.8. The molecule has 0 N–H and O–H groups in total. The highest BCUT2D eigenvalue weighted by Crippen LogP contribution is 2.30. The highest BCUT2D eigenvalue weighted by molar-refractivity contribution is 5.95. The number of hydrogen-bond acceptors (Lipinski definition) is 3. The minimum absolute atomic E-state index is 0.0431. The topological polar surface area (TPSA) is 64.4 Å². The third-order valence-electron chi connectivity index (χ3n) is 4.88. The molecule has 1 heterocycles. The van der Waals surface area contributed by atoms with Gasteiger partial charge in [0.2, 0.25) is 5.91 Å². The standard InChI is InChI=1S/C22H23N3O2/c1-15(2)24-14-20(26)25(13-18-6-4-5-17(11-18)12-23)21(22(24)27)19-9-7-16(3)8-10-19/h4-11,15,21H,13-14H2,1-3H3. The van der Waals surface area contributed by atoms with Gasteiger partial charge in [0.1, 0.15) is 12.6 Å². The molecule has 1 saturated heterocycles. The van der Waals surface area contributed by atoms with Crippen LogP contribution in [0.5, 0.6) is 0 Å². The van der Waals surface area contributed by atoms with E-state index in [4.69, 9.17) is 5.26 Å². The molecule has 27 heavy (non-hydrogen) atoms. The van der Waals surface area contributed by atoms with Crippen LogP contribution in [0.3, 0.4) is 0 Å². The lowest BCUT2D eigenvalue weighted by Gasteiger charge is -2.42. The lowest BCUT2D eigenvalue weighted by atomic mass is 9.98. The van der Waals surface area contributed by atoms with Crippen molar-refractivity contribution in [1.82, 2.24) is 9.80 Å². The number of piperazine rings is 1. The largest absolute Gasteiger partial charge is 0.329 e. The second-order valence-corrected chi connectivity index (χ2v) is 7.21. The summed E-state index contributed by atoms with van der Waals surface area (Å²) in [6.45, 7) is 6.21. The molecule has 5 heteroatoms. The summed E-state index contributed by atoms with van der Waals surface area (Å²) in [6.07, 6.45) is 0. The Kier molecular flexibility index (Phi) is 5.27. The van der Waals surface area contributed by atoms with E-state index in [1.807, 2.05) is 51.1 Å². The van der Waals surface area contributed by atoms with Crippen molar-refractivity contribution < 1.29 is 9.59 Å². The van der Waals surface area contributed by atoms with Gasteiger partial charge in [0.25, 0.3) is 5.91 Å². The van der Waals surface area contributed by atoms with E-state index in [1.54, 1.807) is 28.0 Å². The van der Waals surface area contributed by atoms with Crippen LogP contribution in [-0.2, 0) is 16.1 Å². The Morgan fingerprint density at radius 1 is 1.15 bits per heavy atom. The van der Waals surface area contributed by atoms with E-state index >= 15 is 0 Å². The first-order chi connectivity index (χ1) is 12.9. The molecule has 5 nitrogen and oxygen atoms in total. The van der Waals surface area contributed by atoms with Crippen LogP contribution in [0.1, 0.15) is 42.1 Å². The maximum absolute atomic E-state index is 13.2. The molecular formula is C22H23N3O2. The Labute approximate surface area is 159 Å². The van der Waals surface area contributed by atoms with Crippen LogP contribution in [0.4, 0.5) is 0 Å². The first-order valence-electron chi connectivity index (χ1n) is 9.06. The molecule has 0 bridgehead atoms. The number of carbonyl (C=O) groups excluding carboxylic acids is 2. The van der Waals surface area contributed by atoms with Crippen LogP contribution in [0.25, 0.3) is 0 Å². The fraction of sp³-hybridized carbons (Fsp3) is 0.318. The summed E-state index contributed by atoms with van der Waals surface area (Å²) in [5, 5.41) is 9.12. The predicted molar refractivity (Wildman–Crippen MR) is 102 cm³/mol.